The molecule has 0 heterocycles. The van der Waals surface area contributed by atoms with Crippen molar-refractivity contribution < 1.29 is 9.59 Å². The van der Waals surface area contributed by atoms with E-state index in [-0.39, 0.29) is 24.8 Å². The van der Waals surface area contributed by atoms with Gasteiger partial charge in [0.1, 0.15) is 6.04 Å². The van der Waals surface area contributed by atoms with Crippen LogP contribution in [0.15, 0.2) is 42.5 Å². The molecule has 2 rings (SSSR count). The third-order valence-electron chi connectivity index (χ3n) is 4.54. The zero-order chi connectivity index (χ0) is 21.6. The van der Waals surface area contributed by atoms with Crippen molar-refractivity contribution in [3.05, 3.63) is 68.7 Å². The van der Waals surface area contributed by atoms with E-state index in [1.54, 1.807) is 31.2 Å². The van der Waals surface area contributed by atoms with Crippen LogP contribution in [0.1, 0.15) is 31.9 Å². The van der Waals surface area contributed by atoms with Crippen LogP contribution >= 0.6 is 34.8 Å². The second kappa shape index (κ2) is 10.9. The topological polar surface area (TPSA) is 49.4 Å². The van der Waals surface area contributed by atoms with Crippen LogP contribution < -0.4 is 5.32 Å². The SMILES string of the molecule is CC(C)CNC(=O)[C@@H](C)N(Cc1ccccc1Cl)C(=O)Cc1c(Cl)cccc1Cl. The van der Waals surface area contributed by atoms with Crippen LogP contribution in [0.5, 0.6) is 0 Å². The van der Waals surface area contributed by atoms with Gasteiger partial charge in [0.15, 0.2) is 0 Å². The Hall–Kier alpha value is -1.75. The van der Waals surface area contributed by atoms with E-state index in [0.717, 1.165) is 5.56 Å². The lowest BCUT2D eigenvalue weighted by molar-refractivity contribution is -0.140. The van der Waals surface area contributed by atoms with Gasteiger partial charge < -0.3 is 10.2 Å². The molecule has 0 aliphatic rings. The number of hydrogen-bond donors (Lipinski definition) is 1. The largest absolute Gasteiger partial charge is 0.354 e. The minimum Gasteiger partial charge on any atom is -0.354 e. The van der Waals surface area contributed by atoms with Crippen LogP contribution in [0.25, 0.3) is 0 Å². The summed E-state index contributed by atoms with van der Waals surface area (Å²) in [5.74, 6) is -0.169. The Morgan fingerprint density at radius 3 is 2.10 bits per heavy atom. The van der Waals surface area contributed by atoms with Crippen LogP contribution in [0.2, 0.25) is 15.1 Å². The van der Waals surface area contributed by atoms with Gasteiger partial charge >= 0.3 is 0 Å². The van der Waals surface area contributed by atoms with E-state index >= 15 is 0 Å². The maximum absolute atomic E-state index is 13.2. The van der Waals surface area contributed by atoms with Gasteiger partial charge in [0, 0.05) is 28.2 Å². The highest BCUT2D eigenvalue weighted by atomic mass is 35.5. The molecule has 0 saturated carbocycles. The Morgan fingerprint density at radius 2 is 1.52 bits per heavy atom. The van der Waals surface area contributed by atoms with Crippen molar-refractivity contribution in [1.82, 2.24) is 10.2 Å². The number of hydrogen-bond acceptors (Lipinski definition) is 2. The van der Waals surface area contributed by atoms with Gasteiger partial charge in [-0.1, -0.05) is 72.9 Å². The molecule has 2 amide bonds. The van der Waals surface area contributed by atoms with E-state index in [0.29, 0.717) is 33.1 Å². The highest BCUT2D eigenvalue weighted by Crippen LogP contribution is 2.26. The first kappa shape index (κ1) is 23.5. The maximum atomic E-state index is 13.2. The summed E-state index contributed by atoms with van der Waals surface area (Å²) in [4.78, 5) is 27.4. The van der Waals surface area contributed by atoms with Crippen molar-refractivity contribution >= 4 is 46.6 Å². The summed E-state index contributed by atoms with van der Waals surface area (Å²) in [5.41, 5.74) is 1.30. The number of carbonyl (C=O) groups is 2. The Labute approximate surface area is 187 Å². The molecule has 2 aromatic carbocycles. The Bertz CT molecular complexity index is 851. The first-order valence-electron chi connectivity index (χ1n) is 9.44. The molecule has 2 aromatic rings. The van der Waals surface area contributed by atoms with Crippen LogP contribution in [-0.2, 0) is 22.6 Å². The first-order chi connectivity index (χ1) is 13.7. The molecule has 0 spiro atoms. The van der Waals surface area contributed by atoms with E-state index < -0.39 is 6.04 Å². The summed E-state index contributed by atoms with van der Waals surface area (Å²) in [7, 11) is 0. The van der Waals surface area contributed by atoms with E-state index in [9.17, 15) is 9.59 Å². The van der Waals surface area contributed by atoms with Gasteiger partial charge in [-0.05, 0) is 42.2 Å². The molecule has 0 aromatic heterocycles. The molecule has 4 nitrogen and oxygen atoms in total. The smallest absolute Gasteiger partial charge is 0.242 e. The average molecular weight is 456 g/mol. The molecular formula is C22H25Cl3N2O2. The summed E-state index contributed by atoms with van der Waals surface area (Å²) < 4.78 is 0. The van der Waals surface area contributed by atoms with Crippen molar-refractivity contribution in [2.75, 3.05) is 6.54 Å². The van der Waals surface area contributed by atoms with Crippen molar-refractivity contribution in [1.29, 1.82) is 0 Å². The summed E-state index contributed by atoms with van der Waals surface area (Å²) in [6.45, 7) is 6.47. The molecule has 1 N–H and O–H groups in total. The number of amides is 2. The van der Waals surface area contributed by atoms with Crippen molar-refractivity contribution in [2.24, 2.45) is 5.92 Å². The third-order valence-corrected chi connectivity index (χ3v) is 5.62. The molecule has 0 fully saturated rings. The molecule has 0 saturated heterocycles. The molecule has 0 bridgehead atoms. The third kappa shape index (κ3) is 6.63. The lowest BCUT2D eigenvalue weighted by Crippen LogP contribution is -2.48. The minimum atomic E-state index is -0.682. The quantitative estimate of drug-likeness (QED) is 0.581. The average Bonchev–Trinajstić information content (AvgIpc) is 2.67. The van der Waals surface area contributed by atoms with Gasteiger partial charge in [-0.3, -0.25) is 9.59 Å². The van der Waals surface area contributed by atoms with Gasteiger partial charge in [-0.25, -0.2) is 0 Å². The van der Waals surface area contributed by atoms with E-state index in [1.807, 2.05) is 32.0 Å². The van der Waals surface area contributed by atoms with E-state index in [4.69, 9.17) is 34.8 Å². The second-order valence-electron chi connectivity index (χ2n) is 7.31. The fourth-order valence-corrected chi connectivity index (χ4v) is 3.53. The molecule has 156 valence electrons. The highest BCUT2D eigenvalue weighted by molar-refractivity contribution is 6.36. The van der Waals surface area contributed by atoms with Gasteiger partial charge in [0.25, 0.3) is 0 Å². The Morgan fingerprint density at radius 1 is 0.931 bits per heavy atom. The van der Waals surface area contributed by atoms with Crippen LogP contribution in [-0.4, -0.2) is 29.3 Å². The van der Waals surface area contributed by atoms with Crippen molar-refractivity contribution in [2.45, 2.75) is 39.8 Å². The summed E-state index contributed by atoms with van der Waals surface area (Å²) >= 11 is 18.8. The predicted molar refractivity (Wildman–Crippen MR) is 119 cm³/mol. The molecule has 0 aliphatic heterocycles. The number of carbonyl (C=O) groups excluding carboxylic acids is 2. The van der Waals surface area contributed by atoms with Gasteiger partial charge in [0.2, 0.25) is 11.8 Å². The number of benzene rings is 2. The number of nitrogens with one attached hydrogen (secondary N) is 1. The van der Waals surface area contributed by atoms with Crippen molar-refractivity contribution in [3.63, 3.8) is 0 Å². The van der Waals surface area contributed by atoms with E-state index in [1.165, 1.54) is 4.90 Å². The standard InChI is InChI=1S/C22H25Cl3N2O2/c1-14(2)12-26-22(29)15(3)27(13-16-7-4-5-8-18(16)23)21(28)11-17-19(24)9-6-10-20(17)25/h4-10,14-15H,11-13H2,1-3H3,(H,26,29)/t15-/m1/s1. The zero-order valence-electron chi connectivity index (χ0n) is 16.7. The molecule has 0 radical (unpaired) electrons. The number of halogens is 3. The summed E-state index contributed by atoms with van der Waals surface area (Å²) in [6, 6.07) is 11.7. The lowest BCUT2D eigenvalue weighted by Gasteiger charge is -2.29. The van der Waals surface area contributed by atoms with Crippen LogP contribution in [0.3, 0.4) is 0 Å². The monoisotopic (exact) mass is 454 g/mol. The van der Waals surface area contributed by atoms with E-state index in [2.05, 4.69) is 5.32 Å². The number of rotatable bonds is 8. The van der Waals surface area contributed by atoms with Crippen LogP contribution in [0, 0.1) is 5.92 Å². The first-order valence-corrected chi connectivity index (χ1v) is 10.6. The van der Waals surface area contributed by atoms with Crippen LogP contribution in [0.4, 0.5) is 0 Å². The molecule has 7 heteroatoms. The summed E-state index contributed by atoms with van der Waals surface area (Å²) in [6.07, 6.45) is -0.00917. The fraction of sp³-hybridized carbons (Fsp3) is 0.364. The molecule has 0 aliphatic carbocycles. The molecule has 1 atom stereocenters. The number of nitrogens with zero attached hydrogens (tertiary/aromatic N) is 1. The van der Waals surface area contributed by atoms with Gasteiger partial charge in [-0.15, -0.1) is 0 Å². The predicted octanol–water partition coefficient (Wildman–Crippen LogP) is 5.38. The summed E-state index contributed by atoms with van der Waals surface area (Å²) in [5, 5.41) is 4.26. The lowest BCUT2D eigenvalue weighted by atomic mass is 10.1. The maximum Gasteiger partial charge on any atom is 0.242 e. The molecular weight excluding hydrogens is 431 g/mol. The Kier molecular flexibility index (Phi) is 8.81. The molecule has 29 heavy (non-hydrogen) atoms. The molecule has 0 unspecified atom stereocenters. The highest BCUT2D eigenvalue weighted by Gasteiger charge is 2.27. The second-order valence-corrected chi connectivity index (χ2v) is 8.53. The van der Waals surface area contributed by atoms with Gasteiger partial charge in [-0.2, -0.15) is 0 Å². The zero-order valence-corrected chi connectivity index (χ0v) is 19.0. The Balaban J connectivity index is 2.29. The van der Waals surface area contributed by atoms with Crippen molar-refractivity contribution in [3.8, 4) is 0 Å². The fourth-order valence-electron chi connectivity index (χ4n) is 2.80. The normalized spacial score (nSPS) is 12.0. The van der Waals surface area contributed by atoms with Gasteiger partial charge in [0.05, 0.1) is 6.42 Å². The minimum absolute atomic E-state index is 0.00917.